The Labute approximate surface area is 98.2 Å². The van der Waals surface area contributed by atoms with Crippen molar-refractivity contribution in [2.45, 2.75) is 39.5 Å². The van der Waals surface area contributed by atoms with Crippen LogP contribution in [0.25, 0.3) is 0 Å². The minimum absolute atomic E-state index is 0.318. The fourth-order valence-corrected chi connectivity index (χ4v) is 0.819. The lowest BCUT2D eigenvalue weighted by Gasteiger charge is -1.86. The van der Waals surface area contributed by atoms with Gasteiger partial charge in [-0.25, -0.2) is 0 Å². The highest BCUT2D eigenvalue weighted by atomic mass is 15.0. The maximum atomic E-state index is 5.12. The van der Waals surface area contributed by atoms with Gasteiger partial charge in [-0.2, -0.15) is 0 Å². The van der Waals surface area contributed by atoms with E-state index in [0.717, 1.165) is 25.9 Å². The third-order valence-corrected chi connectivity index (χ3v) is 1.72. The van der Waals surface area contributed by atoms with Gasteiger partial charge >= 0.3 is 11.9 Å². The Morgan fingerprint density at radius 3 is 1.25 bits per heavy atom. The largest absolute Gasteiger partial charge is 0.338 e. The number of hydrogen-bond donors (Lipinski definition) is 6. The molecule has 0 aromatic rings. The van der Waals surface area contributed by atoms with Crippen molar-refractivity contribution in [3.63, 3.8) is 0 Å². The molecule has 0 saturated carbocycles. The summed E-state index contributed by atoms with van der Waals surface area (Å²) >= 11 is 0. The normalized spacial score (nSPS) is 8.62. The van der Waals surface area contributed by atoms with Gasteiger partial charge in [-0.3, -0.25) is 32.9 Å². The lowest BCUT2D eigenvalue weighted by Crippen LogP contribution is -2.78. The lowest BCUT2D eigenvalue weighted by atomic mass is 10.3. The van der Waals surface area contributed by atoms with E-state index in [4.69, 9.17) is 22.9 Å². The van der Waals surface area contributed by atoms with Crippen molar-refractivity contribution >= 4 is 11.9 Å². The zero-order valence-corrected chi connectivity index (χ0v) is 10.6. The number of nitrogens with one attached hydrogen (secondary N) is 2. The van der Waals surface area contributed by atoms with Crippen molar-refractivity contribution in [1.82, 2.24) is 0 Å². The second-order valence-electron chi connectivity index (χ2n) is 3.47. The summed E-state index contributed by atoms with van der Waals surface area (Å²) < 4.78 is 0. The predicted octanol–water partition coefficient (Wildman–Crippen LogP) is -3.72. The highest BCUT2D eigenvalue weighted by molar-refractivity contribution is 5.69. The topological polar surface area (TPSA) is 132 Å². The summed E-state index contributed by atoms with van der Waals surface area (Å²) in [6.45, 7) is 6.01. The molecule has 10 N–H and O–H groups in total. The Morgan fingerprint density at radius 1 is 0.750 bits per heavy atom. The number of nitrogens with two attached hydrogens (primary N) is 4. The van der Waals surface area contributed by atoms with Crippen LogP contribution in [0.5, 0.6) is 0 Å². The van der Waals surface area contributed by atoms with Gasteiger partial charge in [0.25, 0.3) is 0 Å². The van der Waals surface area contributed by atoms with Crippen LogP contribution < -0.4 is 32.9 Å². The average Bonchev–Trinajstić information content (AvgIpc) is 2.18. The first-order valence-electron chi connectivity index (χ1n) is 5.78. The van der Waals surface area contributed by atoms with Crippen molar-refractivity contribution in [1.29, 1.82) is 0 Å². The van der Waals surface area contributed by atoms with E-state index >= 15 is 0 Å². The molecule has 0 unspecified atom stereocenters. The zero-order valence-electron chi connectivity index (χ0n) is 10.6. The molecular formula is C10H28N6+2. The van der Waals surface area contributed by atoms with Gasteiger partial charge in [0.1, 0.15) is 0 Å². The maximum absolute atomic E-state index is 5.12. The smallest absolute Gasteiger partial charge is 0.291 e. The van der Waals surface area contributed by atoms with Crippen LogP contribution in [0, 0.1) is 0 Å². The van der Waals surface area contributed by atoms with Crippen molar-refractivity contribution in [3.05, 3.63) is 0 Å². The zero-order chi connectivity index (χ0) is 12.8. The molecule has 6 heteroatoms. The van der Waals surface area contributed by atoms with Gasteiger partial charge in [0.2, 0.25) is 0 Å². The Balaban J connectivity index is 0. The van der Waals surface area contributed by atoms with E-state index in [1.165, 1.54) is 12.8 Å². The van der Waals surface area contributed by atoms with Crippen molar-refractivity contribution < 1.29 is 9.98 Å². The first kappa shape index (κ1) is 17.0. The Bertz CT molecular complexity index is 169. The fraction of sp³-hybridized carbons (Fsp3) is 0.800. The Kier molecular flexibility index (Phi) is 14.3. The molecule has 0 fully saturated rings. The van der Waals surface area contributed by atoms with E-state index in [1.54, 1.807) is 0 Å². The third kappa shape index (κ3) is 22.9. The van der Waals surface area contributed by atoms with Gasteiger partial charge in [0.05, 0.1) is 13.1 Å². The highest BCUT2D eigenvalue weighted by Gasteiger charge is 1.83. The summed E-state index contributed by atoms with van der Waals surface area (Å²) in [4.78, 5) is 5.64. The Morgan fingerprint density at radius 2 is 1.06 bits per heavy atom. The number of rotatable bonds is 6. The standard InChI is InChI=1S/2C5H13N3/c2*1-2-3-4-8-5(6)7/h2*2-4H2,1H3,(H4,6,7,8)/p+2. The SMILES string of the molecule is CCCC[NH+]=C(N)N.CCCC[NH+]=C(N)N. The molecule has 0 rings (SSSR count). The van der Waals surface area contributed by atoms with Crippen LogP contribution in [0.2, 0.25) is 0 Å². The van der Waals surface area contributed by atoms with E-state index in [1.807, 2.05) is 0 Å². The molecule has 0 aliphatic rings. The van der Waals surface area contributed by atoms with Gasteiger partial charge < -0.3 is 0 Å². The summed E-state index contributed by atoms with van der Waals surface area (Å²) in [5, 5.41) is 0. The van der Waals surface area contributed by atoms with E-state index < -0.39 is 0 Å². The van der Waals surface area contributed by atoms with Gasteiger partial charge in [-0.15, -0.1) is 0 Å². The molecule has 0 atom stereocenters. The molecule has 0 aromatic carbocycles. The molecule has 0 radical (unpaired) electrons. The summed E-state index contributed by atoms with van der Waals surface area (Å²) in [5.41, 5.74) is 20.5. The van der Waals surface area contributed by atoms with Crippen LogP contribution in [0.4, 0.5) is 0 Å². The van der Waals surface area contributed by atoms with E-state index in [9.17, 15) is 0 Å². The molecule has 0 bridgehead atoms. The van der Waals surface area contributed by atoms with Crippen LogP contribution in [0.1, 0.15) is 39.5 Å². The molecule has 16 heavy (non-hydrogen) atoms. The third-order valence-electron chi connectivity index (χ3n) is 1.72. The first-order chi connectivity index (χ1) is 7.54. The van der Waals surface area contributed by atoms with Crippen LogP contribution in [-0.4, -0.2) is 25.0 Å². The van der Waals surface area contributed by atoms with E-state index in [-0.39, 0.29) is 0 Å². The molecule has 0 amide bonds. The van der Waals surface area contributed by atoms with Crippen LogP contribution in [0.15, 0.2) is 0 Å². The van der Waals surface area contributed by atoms with Crippen molar-refractivity contribution in [2.75, 3.05) is 13.1 Å². The van der Waals surface area contributed by atoms with Crippen molar-refractivity contribution in [3.8, 4) is 0 Å². The molecule has 0 saturated heterocycles. The quantitative estimate of drug-likeness (QED) is 0.160. The molecule has 0 heterocycles. The lowest BCUT2D eigenvalue weighted by molar-refractivity contribution is -0.460. The minimum atomic E-state index is 0.318. The second-order valence-corrected chi connectivity index (χ2v) is 3.47. The van der Waals surface area contributed by atoms with Gasteiger partial charge in [0, 0.05) is 0 Å². The van der Waals surface area contributed by atoms with Crippen LogP contribution >= 0.6 is 0 Å². The van der Waals surface area contributed by atoms with Gasteiger partial charge in [-0.05, 0) is 12.8 Å². The van der Waals surface area contributed by atoms with Crippen molar-refractivity contribution in [2.24, 2.45) is 22.9 Å². The minimum Gasteiger partial charge on any atom is -0.291 e. The summed E-state index contributed by atoms with van der Waals surface area (Å²) in [6.07, 6.45) is 4.58. The molecule has 0 aliphatic carbocycles. The number of hydrogen-bond acceptors (Lipinski definition) is 0. The summed E-state index contributed by atoms with van der Waals surface area (Å²) in [5.74, 6) is 0.636. The first-order valence-corrected chi connectivity index (χ1v) is 5.78. The number of guanidine groups is 2. The Hall–Kier alpha value is -1.46. The molecule has 0 spiro atoms. The molecular weight excluding hydrogens is 204 g/mol. The fourth-order valence-electron chi connectivity index (χ4n) is 0.819. The van der Waals surface area contributed by atoms with E-state index in [0.29, 0.717) is 11.9 Å². The number of unbranched alkanes of at least 4 members (excludes halogenated alkanes) is 2. The van der Waals surface area contributed by atoms with Crippen LogP contribution in [-0.2, 0) is 0 Å². The van der Waals surface area contributed by atoms with Gasteiger partial charge in [0.15, 0.2) is 0 Å². The van der Waals surface area contributed by atoms with Crippen LogP contribution in [0.3, 0.4) is 0 Å². The average molecular weight is 232 g/mol. The second kappa shape index (κ2) is 13.5. The maximum Gasteiger partial charge on any atom is 0.338 e. The molecule has 0 aliphatic heterocycles. The van der Waals surface area contributed by atoms with Gasteiger partial charge in [-0.1, -0.05) is 26.7 Å². The summed E-state index contributed by atoms with van der Waals surface area (Å²) in [6, 6.07) is 0. The molecule has 6 nitrogen and oxygen atoms in total. The van der Waals surface area contributed by atoms with E-state index in [2.05, 4.69) is 23.8 Å². The highest BCUT2D eigenvalue weighted by Crippen LogP contribution is 1.76. The summed E-state index contributed by atoms with van der Waals surface area (Å²) in [7, 11) is 0. The molecule has 0 aromatic heterocycles. The molecule has 96 valence electrons. The predicted molar refractivity (Wildman–Crippen MR) is 68.2 cm³/mol. The monoisotopic (exact) mass is 232 g/mol.